The van der Waals surface area contributed by atoms with Gasteiger partial charge in [-0.15, -0.1) is 0 Å². The van der Waals surface area contributed by atoms with Crippen molar-refractivity contribution in [3.05, 3.63) is 23.8 Å². The first-order valence-corrected chi connectivity index (χ1v) is 7.59. The van der Waals surface area contributed by atoms with Gasteiger partial charge in [-0.1, -0.05) is 0 Å². The molecule has 0 unspecified atom stereocenters. The Morgan fingerprint density at radius 2 is 1.15 bits per heavy atom. The van der Waals surface area contributed by atoms with Gasteiger partial charge in [-0.05, 0) is 12.1 Å². The van der Waals surface area contributed by atoms with Gasteiger partial charge in [-0.3, -0.25) is 0 Å². The van der Waals surface area contributed by atoms with Crippen molar-refractivity contribution in [3.8, 4) is 11.5 Å². The van der Waals surface area contributed by atoms with Crippen molar-refractivity contribution >= 4 is 37.8 Å². The van der Waals surface area contributed by atoms with Crippen LogP contribution in [0.1, 0.15) is 10.4 Å². The average molecular weight is 526 g/mol. The molecule has 0 N–H and O–H groups in total. The number of benzene rings is 1. The summed E-state index contributed by atoms with van der Waals surface area (Å²) in [6, 6.07) is 1.03. The molecule has 0 heterocycles. The quantitative estimate of drug-likeness (QED) is 0.272. The second kappa shape index (κ2) is 7.37. The van der Waals surface area contributed by atoms with Crippen LogP contribution in [-0.2, 0) is 4.74 Å². The van der Waals surface area contributed by atoms with E-state index < -0.39 is 44.9 Å². The molecule has 0 aliphatic carbocycles. The molecule has 0 aliphatic rings. The molecule has 14 heteroatoms. The Hall–Kier alpha value is -1.31. The Labute approximate surface area is 156 Å². The van der Waals surface area contributed by atoms with Crippen LogP contribution in [0.2, 0.25) is 0 Å². The van der Waals surface area contributed by atoms with Crippen LogP contribution in [0.4, 0.5) is 35.1 Å². The average Bonchev–Trinajstić information content (AvgIpc) is 2.42. The molecular weight excluding hydrogens is 520 g/mol. The summed E-state index contributed by atoms with van der Waals surface area (Å²) >= 11 is 2.71. The number of ether oxygens (including phenoxy) is 3. The number of hydrogen-bond donors (Lipinski definition) is 0. The van der Waals surface area contributed by atoms with Crippen molar-refractivity contribution in [3.63, 3.8) is 0 Å². The minimum absolute atomic E-state index is 0.172. The molecule has 0 radical (unpaired) electrons. The fraction of sp³-hybridized carbons (Fsp3) is 0.417. The lowest BCUT2D eigenvalue weighted by Gasteiger charge is -2.24. The number of halogens is 10. The van der Waals surface area contributed by atoms with Crippen LogP contribution >= 0.6 is 31.9 Å². The van der Waals surface area contributed by atoms with E-state index in [1.54, 1.807) is 0 Å². The molecule has 0 atom stereocenters. The second-order valence-electron chi connectivity index (χ2n) is 4.42. The first-order chi connectivity index (χ1) is 11.5. The third kappa shape index (κ3) is 5.34. The number of carbonyl (C=O) groups is 1. The molecule has 148 valence electrons. The van der Waals surface area contributed by atoms with Gasteiger partial charge in [0.15, 0.2) is 0 Å². The van der Waals surface area contributed by atoms with Crippen molar-refractivity contribution in [1.82, 2.24) is 0 Å². The number of alkyl halides is 10. The molecule has 0 spiro atoms. The summed E-state index contributed by atoms with van der Waals surface area (Å²) in [6.45, 7) is 0. The van der Waals surface area contributed by atoms with Crippen molar-refractivity contribution < 1.29 is 54.1 Å². The van der Waals surface area contributed by atoms with Crippen LogP contribution in [0.5, 0.6) is 11.5 Å². The van der Waals surface area contributed by atoms with Gasteiger partial charge in [-0.2, -0.15) is 35.1 Å². The maximum Gasteiger partial charge on any atom is 0.475 e. The molecule has 26 heavy (non-hydrogen) atoms. The summed E-state index contributed by atoms with van der Waals surface area (Å²) in [5.74, 6) is -3.83. The van der Waals surface area contributed by atoms with Crippen LogP contribution in [0.25, 0.3) is 0 Å². The zero-order chi connectivity index (χ0) is 20.6. The van der Waals surface area contributed by atoms with Crippen molar-refractivity contribution in [1.29, 1.82) is 0 Å². The van der Waals surface area contributed by atoms with Crippen LogP contribution in [0.3, 0.4) is 0 Å². The van der Waals surface area contributed by atoms with E-state index in [-0.39, 0.29) is 6.07 Å². The molecular formula is C12H6Br2F8O4. The molecule has 0 fully saturated rings. The molecule has 0 bridgehead atoms. The number of rotatable bonds is 7. The smallest absolute Gasteiger partial charge is 0.465 e. The molecule has 1 rings (SSSR count). The van der Waals surface area contributed by atoms with E-state index in [1.807, 2.05) is 0 Å². The van der Waals surface area contributed by atoms with Crippen LogP contribution in [0.15, 0.2) is 18.2 Å². The standard InChI is InChI=1S/C12H6Br2F8O4/c1-24-8(23)5-2-6(25-11(19,20)9(13,15)16)4-7(3-5)26-12(21,22)10(14,17)18/h2-4H,1H3. The molecule has 0 aliphatic heterocycles. The highest BCUT2D eigenvalue weighted by atomic mass is 79.9. The summed E-state index contributed by atoms with van der Waals surface area (Å²) in [4.78, 5) is 1.66. The Morgan fingerprint density at radius 3 is 1.42 bits per heavy atom. The number of esters is 1. The second-order valence-corrected chi connectivity index (χ2v) is 6.41. The molecule has 1 aromatic rings. The van der Waals surface area contributed by atoms with Crippen molar-refractivity contribution in [2.75, 3.05) is 7.11 Å². The van der Waals surface area contributed by atoms with Gasteiger partial charge in [0.1, 0.15) is 11.5 Å². The zero-order valence-electron chi connectivity index (χ0n) is 12.1. The maximum atomic E-state index is 13.2. The van der Waals surface area contributed by atoms with E-state index in [9.17, 15) is 39.9 Å². The molecule has 0 aromatic heterocycles. The summed E-state index contributed by atoms with van der Waals surface area (Å²) in [7, 11) is 0.818. The van der Waals surface area contributed by atoms with E-state index in [0.717, 1.165) is 7.11 Å². The maximum absolute atomic E-state index is 13.2. The highest BCUT2D eigenvalue weighted by molar-refractivity contribution is 9.10. The van der Waals surface area contributed by atoms with Gasteiger partial charge in [0.2, 0.25) is 0 Å². The van der Waals surface area contributed by atoms with Gasteiger partial charge < -0.3 is 14.2 Å². The lowest BCUT2D eigenvalue weighted by molar-refractivity contribution is -0.268. The molecule has 0 saturated heterocycles. The van der Waals surface area contributed by atoms with Gasteiger partial charge >= 0.3 is 27.9 Å². The predicted molar refractivity (Wildman–Crippen MR) is 76.7 cm³/mol. The third-order valence-electron chi connectivity index (χ3n) is 2.45. The largest absolute Gasteiger partial charge is 0.475 e. The van der Waals surface area contributed by atoms with E-state index in [1.165, 1.54) is 31.9 Å². The Balaban J connectivity index is 3.34. The molecule has 1 aromatic carbocycles. The lowest BCUT2D eigenvalue weighted by atomic mass is 10.2. The van der Waals surface area contributed by atoms with E-state index in [0.29, 0.717) is 12.1 Å². The van der Waals surface area contributed by atoms with Crippen LogP contribution in [-0.4, -0.2) is 35.0 Å². The van der Waals surface area contributed by atoms with Crippen LogP contribution < -0.4 is 9.47 Å². The van der Waals surface area contributed by atoms with Gasteiger partial charge in [0.25, 0.3) is 0 Å². The minimum atomic E-state index is -5.19. The SMILES string of the molecule is COC(=O)c1cc(OC(F)(F)C(F)(F)Br)cc(OC(F)(F)C(F)(F)Br)c1. The molecule has 0 amide bonds. The third-order valence-corrected chi connectivity index (χ3v) is 3.38. The monoisotopic (exact) mass is 524 g/mol. The lowest BCUT2D eigenvalue weighted by Crippen LogP contribution is -2.41. The topological polar surface area (TPSA) is 44.8 Å². The minimum Gasteiger partial charge on any atom is -0.465 e. The highest BCUT2D eigenvalue weighted by Crippen LogP contribution is 2.44. The summed E-state index contributed by atoms with van der Waals surface area (Å²) < 4.78 is 115. The Morgan fingerprint density at radius 1 is 0.808 bits per heavy atom. The van der Waals surface area contributed by atoms with Gasteiger partial charge in [0.05, 0.1) is 12.7 Å². The zero-order valence-corrected chi connectivity index (χ0v) is 15.3. The van der Waals surface area contributed by atoms with E-state index in [2.05, 4.69) is 14.2 Å². The van der Waals surface area contributed by atoms with Gasteiger partial charge in [-0.25, -0.2) is 4.79 Å². The number of carbonyl (C=O) groups excluding carboxylic acids is 1. The van der Waals surface area contributed by atoms with Crippen molar-refractivity contribution in [2.24, 2.45) is 0 Å². The van der Waals surface area contributed by atoms with Gasteiger partial charge in [0, 0.05) is 37.9 Å². The van der Waals surface area contributed by atoms with E-state index in [4.69, 9.17) is 0 Å². The highest BCUT2D eigenvalue weighted by Gasteiger charge is 2.59. The summed E-state index contributed by atoms with van der Waals surface area (Å²) in [5.41, 5.74) is -0.776. The first kappa shape index (κ1) is 22.7. The fourth-order valence-electron chi connectivity index (χ4n) is 1.34. The number of hydrogen-bond acceptors (Lipinski definition) is 4. The molecule has 0 saturated carbocycles. The van der Waals surface area contributed by atoms with E-state index >= 15 is 0 Å². The normalized spacial score (nSPS) is 13.3. The Kier molecular flexibility index (Phi) is 6.44. The molecule has 4 nitrogen and oxygen atoms in total. The fourth-order valence-corrected chi connectivity index (χ4v) is 1.50. The summed E-state index contributed by atoms with van der Waals surface area (Å²) in [5, 5.41) is 0. The predicted octanol–water partition coefficient (Wildman–Crippen LogP) is 5.39. The summed E-state index contributed by atoms with van der Waals surface area (Å²) in [6.07, 6.45) is -10.4. The number of methoxy groups -OCH3 is 1. The first-order valence-electron chi connectivity index (χ1n) is 6.00. The Bertz CT molecular complexity index is 626. The van der Waals surface area contributed by atoms with Crippen molar-refractivity contribution in [2.45, 2.75) is 21.9 Å². The van der Waals surface area contributed by atoms with Crippen LogP contribution in [0, 0.1) is 0 Å².